The van der Waals surface area contributed by atoms with Gasteiger partial charge in [-0.15, -0.1) is 0 Å². The Morgan fingerprint density at radius 2 is 1.82 bits per heavy atom. The van der Waals surface area contributed by atoms with E-state index in [1.807, 2.05) is 13.0 Å². The van der Waals surface area contributed by atoms with E-state index >= 15 is 0 Å². The Hall–Kier alpha value is -1.39. The number of nitrogens with zero attached hydrogens (tertiary/aromatic N) is 1. The van der Waals surface area contributed by atoms with Crippen LogP contribution in [0.5, 0.6) is 0 Å². The molecule has 1 N–H and O–H groups in total. The molecule has 1 atom stereocenters. The second-order valence-electron chi connectivity index (χ2n) is 6.47. The average molecular weight is 302 g/mol. The normalized spacial score (nSPS) is 23.1. The van der Waals surface area contributed by atoms with Crippen molar-refractivity contribution in [3.63, 3.8) is 0 Å². The lowest BCUT2D eigenvalue weighted by atomic mass is 9.88. The minimum atomic E-state index is -0.168. The molecule has 0 bridgehead atoms. The van der Waals surface area contributed by atoms with Gasteiger partial charge in [0.1, 0.15) is 0 Å². The Labute approximate surface area is 132 Å². The SMILES string of the molecule is CC(C(=O)NC1(c2ccccc2)CCCC1)N1CCOCC1. The van der Waals surface area contributed by atoms with Crippen LogP contribution in [-0.2, 0) is 15.1 Å². The van der Waals surface area contributed by atoms with Crippen molar-refractivity contribution in [2.24, 2.45) is 0 Å². The highest BCUT2D eigenvalue weighted by Gasteiger charge is 2.38. The molecule has 1 amide bonds. The van der Waals surface area contributed by atoms with Gasteiger partial charge in [-0.1, -0.05) is 43.2 Å². The zero-order chi connectivity index (χ0) is 15.4. The Morgan fingerprint density at radius 3 is 2.45 bits per heavy atom. The first-order valence-corrected chi connectivity index (χ1v) is 8.41. The average Bonchev–Trinajstić information content (AvgIpc) is 3.05. The maximum atomic E-state index is 12.8. The van der Waals surface area contributed by atoms with Gasteiger partial charge in [-0.25, -0.2) is 0 Å². The third kappa shape index (κ3) is 3.18. The monoisotopic (exact) mass is 302 g/mol. The van der Waals surface area contributed by atoms with E-state index in [1.54, 1.807) is 0 Å². The fourth-order valence-electron chi connectivity index (χ4n) is 3.69. The molecule has 4 heteroatoms. The van der Waals surface area contributed by atoms with Crippen LogP contribution in [0.4, 0.5) is 0 Å². The number of carbonyl (C=O) groups excluding carboxylic acids is 1. The largest absolute Gasteiger partial charge is 0.379 e. The Morgan fingerprint density at radius 1 is 1.18 bits per heavy atom. The second-order valence-corrected chi connectivity index (χ2v) is 6.47. The van der Waals surface area contributed by atoms with Crippen LogP contribution in [0.3, 0.4) is 0 Å². The van der Waals surface area contributed by atoms with Crippen molar-refractivity contribution in [3.05, 3.63) is 35.9 Å². The van der Waals surface area contributed by atoms with Gasteiger partial charge in [0.2, 0.25) is 5.91 Å². The fraction of sp³-hybridized carbons (Fsp3) is 0.611. The van der Waals surface area contributed by atoms with Crippen molar-refractivity contribution in [1.82, 2.24) is 10.2 Å². The van der Waals surface area contributed by atoms with E-state index in [4.69, 9.17) is 4.74 Å². The summed E-state index contributed by atoms with van der Waals surface area (Å²) < 4.78 is 5.38. The van der Waals surface area contributed by atoms with Crippen LogP contribution in [0.25, 0.3) is 0 Å². The number of morpholine rings is 1. The van der Waals surface area contributed by atoms with Crippen molar-refractivity contribution in [1.29, 1.82) is 0 Å². The molecule has 1 heterocycles. The molecule has 120 valence electrons. The first kappa shape index (κ1) is 15.5. The molecule has 4 nitrogen and oxygen atoms in total. The number of rotatable bonds is 4. The molecule has 1 aromatic rings. The zero-order valence-electron chi connectivity index (χ0n) is 13.4. The summed E-state index contributed by atoms with van der Waals surface area (Å²) in [7, 11) is 0. The van der Waals surface area contributed by atoms with Crippen molar-refractivity contribution in [3.8, 4) is 0 Å². The maximum Gasteiger partial charge on any atom is 0.237 e. The molecular formula is C18H26N2O2. The van der Waals surface area contributed by atoms with Crippen LogP contribution in [-0.4, -0.2) is 43.2 Å². The minimum absolute atomic E-state index is 0.0925. The Bertz CT molecular complexity index is 491. The van der Waals surface area contributed by atoms with Crippen molar-refractivity contribution >= 4 is 5.91 Å². The highest BCUT2D eigenvalue weighted by atomic mass is 16.5. The summed E-state index contributed by atoms with van der Waals surface area (Å²) in [5, 5.41) is 3.38. The van der Waals surface area contributed by atoms with E-state index in [-0.39, 0.29) is 17.5 Å². The predicted octanol–water partition coefficient (Wildman–Crippen LogP) is 2.29. The third-order valence-electron chi connectivity index (χ3n) is 5.12. The molecule has 1 saturated carbocycles. The number of nitrogens with one attached hydrogen (secondary N) is 1. The molecule has 0 aromatic heterocycles. The summed E-state index contributed by atoms with van der Waals surface area (Å²) in [5.41, 5.74) is 1.08. The van der Waals surface area contributed by atoms with Crippen LogP contribution in [0.1, 0.15) is 38.2 Å². The summed E-state index contributed by atoms with van der Waals surface area (Å²) in [6.45, 7) is 5.14. The summed E-state index contributed by atoms with van der Waals surface area (Å²) >= 11 is 0. The van der Waals surface area contributed by atoms with Crippen molar-refractivity contribution < 1.29 is 9.53 Å². The molecule has 0 radical (unpaired) electrons. The van der Waals surface area contributed by atoms with Gasteiger partial charge in [0.15, 0.2) is 0 Å². The number of amides is 1. The van der Waals surface area contributed by atoms with Gasteiger partial charge in [0, 0.05) is 13.1 Å². The smallest absolute Gasteiger partial charge is 0.237 e. The molecule has 1 aromatic carbocycles. The summed E-state index contributed by atoms with van der Waals surface area (Å²) in [5.74, 6) is 0.146. The highest BCUT2D eigenvalue weighted by molar-refractivity contribution is 5.82. The van der Waals surface area contributed by atoms with E-state index < -0.39 is 0 Å². The Kier molecular flexibility index (Phi) is 4.79. The van der Waals surface area contributed by atoms with Gasteiger partial charge < -0.3 is 10.1 Å². The van der Waals surface area contributed by atoms with Crippen LogP contribution in [0.2, 0.25) is 0 Å². The van der Waals surface area contributed by atoms with E-state index in [2.05, 4.69) is 34.5 Å². The number of benzene rings is 1. The van der Waals surface area contributed by atoms with Crippen molar-refractivity contribution in [2.75, 3.05) is 26.3 Å². The number of hydrogen-bond donors (Lipinski definition) is 1. The molecule has 3 rings (SSSR count). The molecule has 2 aliphatic rings. The zero-order valence-corrected chi connectivity index (χ0v) is 13.4. The third-order valence-corrected chi connectivity index (χ3v) is 5.12. The van der Waals surface area contributed by atoms with E-state index in [0.717, 1.165) is 39.1 Å². The number of hydrogen-bond acceptors (Lipinski definition) is 3. The molecule has 2 fully saturated rings. The number of carbonyl (C=O) groups is 1. The van der Waals surface area contributed by atoms with E-state index in [1.165, 1.54) is 18.4 Å². The minimum Gasteiger partial charge on any atom is -0.379 e. The summed E-state index contributed by atoms with van der Waals surface area (Å²) in [4.78, 5) is 15.0. The van der Waals surface area contributed by atoms with Gasteiger partial charge in [-0.2, -0.15) is 0 Å². The fourth-order valence-corrected chi connectivity index (χ4v) is 3.69. The lowest BCUT2D eigenvalue weighted by Gasteiger charge is -2.36. The van der Waals surface area contributed by atoms with Crippen LogP contribution < -0.4 is 5.32 Å². The number of ether oxygens (including phenoxy) is 1. The highest BCUT2D eigenvalue weighted by Crippen LogP contribution is 2.38. The first-order chi connectivity index (χ1) is 10.7. The lowest BCUT2D eigenvalue weighted by molar-refractivity contribution is -0.129. The molecule has 1 aliphatic carbocycles. The summed E-state index contributed by atoms with van der Waals surface area (Å²) in [6.07, 6.45) is 4.44. The molecule has 1 unspecified atom stereocenters. The quantitative estimate of drug-likeness (QED) is 0.928. The summed E-state index contributed by atoms with van der Waals surface area (Å²) in [6, 6.07) is 10.4. The molecule has 22 heavy (non-hydrogen) atoms. The van der Waals surface area contributed by atoms with Gasteiger partial charge >= 0.3 is 0 Å². The first-order valence-electron chi connectivity index (χ1n) is 8.41. The molecule has 0 spiro atoms. The standard InChI is InChI=1S/C18H26N2O2/c1-15(20-11-13-22-14-12-20)17(21)19-18(9-5-6-10-18)16-7-3-2-4-8-16/h2-4,7-8,15H,5-6,9-14H2,1H3,(H,19,21). The molecular weight excluding hydrogens is 276 g/mol. The van der Waals surface area contributed by atoms with Gasteiger partial charge in [0.05, 0.1) is 24.8 Å². The maximum absolute atomic E-state index is 12.8. The van der Waals surface area contributed by atoms with Gasteiger partial charge in [-0.3, -0.25) is 9.69 Å². The van der Waals surface area contributed by atoms with Crippen LogP contribution >= 0.6 is 0 Å². The Balaban J connectivity index is 1.72. The second kappa shape index (κ2) is 6.80. The van der Waals surface area contributed by atoms with Crippen LogP contribution in [0, 0.1) is 0 Å². The van der Waals surface area contributed by atoms with E-state index in [0.29, 0.717) is 0 Å². The van der Waals surface area contributed by atoms with Crippen LogP contribution in [0.15, 0.2) is 30.3 Å². The van der Waals surface area contributed by atoms with Gasteiger partial charge in [-0.05, 0) is 25.3 Å². The lowest BCUT2D eigenvalue weighted by Crippen LogP contribution is -2.54. The van der Waals surface area contributed by atoms with Gasteiger partial charge in [0.25, 0.3) is 0 Å². The molecule has 1 saturated heterocycles. The van der Waals surface area contributed by atoms with Crippen molar-refractivity contribution in [2.45, 2.75) is 44.2 Å². The topological polar surface area (TPSA) is 41.6 Å². The predicted molar refractivity (Wildman–Crippen MR) is 86.6 cm³/mol. The molecule has 1 aliphatic heterocycles. The van der Waals surface area contributed by atoms with E-state index in [9.17, 15) is 4.79 Å².